The highest BCUT2D eigenvalue weighted by molar-refractivity contribution is 5.77. The van der Waals surface area contributed by atoms with E-state index in [1.165, 1.54) is 12.8 Å². The average molecular weight is 395 g/mol. The predicted molar refractivity (Wildman–Crippen MR) is 112 cm³/mol. The molecular weight excluding hydrogens is 352 g/mol. The molecule has 0 radical (unpaired) electrons. The molecule has 4 heteroatoms. The minimum atomic E-state index is -0.251. The SMILES string of the molecule is CC1CCC(C(C)C)C(OC(=O)CCC(=O)OC2C[C@H](C)CCC2C(C)C)C1. The molecule has 0 N–H and O–H groups in total. The van der Waals surface area contributed by atoms with Gasteiger partial charge in [0.05, 0.1) is 12.8 Å². The Morgan fingerprint density at radius 1 is 0.714 bits per heavy atom. The van der Waals surface area contributed by atoms with Crippen molar-refractivity contribution in [1.29, 1.82) is 0 Å². The van der Waals surface area contributed by atoms with Crippen molar-refractivity contribution in [3.63, 3.8) is 0 Å². The molecule has 0 aromatic carbocycles. The van der Waals surface area contributed by atoms with Gasteiger partial charge in [-0.1, -0.05) is 54.4 Å². The van der Waals surface area contributed by atoms with Crippen molar-refractivity contribution in [2.75, 3.05) is 0 Å². The van der Waals surface area contributed by atoms with Gasteiger partial charge in [-0.2, -0.15) is 0 Å². The monoisotopic (exact) mass is 394 g/mol. The smallest absolute Gasteiger partial charge is 0.306 e. The number of carbonyl (C=O) groups is 2. The van der Waals surface area contributed by atoms with Crippen LogP contribution in [0.4, 0.5) is 0 Å². The fourth-order valence-electron chi connectivity index (χ4n) is 5.16. The van der Waals surface area contributed by atoms with Crippen molar-refractivity contribution < 1.29 is 19.1 Å². The first-order chi connectivity index (χ1) is 13.2. The molecule has 0 aromatic rings. The zero-order valence-corrected chi connectivity index (χ0v) is 18.9. The van der Waals surface area contributed by atoms with E-state index in [2.05, 4.69) is 41.5 Å². The number of hydrogen-bond acceptors (Lipinski definition) is 4. The summed E-state index contributed by atoms with van der Waals surface area (Å²) >= 11 is 0. The fourth-order valence-corrected chi connectivity index (χ4v) is 5.16. The standard InChI is InChI=1S/C24H42O4/c1-15(2)19-9-7-17(5)13-21(19)27-23(25)11-12-24(26)28-22-14-18(6)8-10-20(22)16(3)4/h15-22H,7-14H2,1-6H3/t17-,18?,19?,20?,21?,22?/m1/s1. The molecule has 162 valence electrons. The first-order valence-electron chi connectivity index (χ1n) is 11.6. The van der Waals surface area contributed by atoms with E-state index in [0.29, 0.717) is 35.5 Å². The second-order valence-electron chi connectivity index (χ2n) is 10.2. The summed E-state index contributed by atoms with van der Waals surface area (Å²) < 4.78 is 11.6. The summed E-state index contributed by atoms with van der Waals surface area (Å²) in [6, 6.07) is 0. The molecule has 0 aromatic heterocycles. The van der Waals surface area contributed by atoms with Gasteiger partial charge >= 0.3 is 11.9 Å². The van der Waals surface area contributed by atoms with Gasteiger partial charge in [0.2, 0.25) is 0 Å². The molecule has 2 aliphatic rings. The highest BCUT2D eigenvalue weighted by atomic mass is 16.6. The molecular formula is C24H42O4. The zero-order valence-electron chi connectivity index (χ0n) is 18.9. The molecule has 2 aliphatic carbocycles. The van der Waals surface area contributed by atoms with E-state index in [0.717, 1.165) is 25.7 Å². The largest absolute Gasteiger partial charge is 0.462 e. The fraction of sp³-hybridized carbons (Fsp3) is 0.917. The normalized spacial score (nSPS) is 33.7. The molecule has 0 saturated heterocycles. The summed E-state index contributed by atoms with van der Waals surface area (Å²) in [7, 11) is 0. The van der Waals surface area contributed by atoms with Crippen LogP contribution in [-0.4, -0.2) is 24.1 Å². The predicted octanol–water partition coefficient (Wildman–Crippen LogP) is 5.77. The second kappa shape index (κ2) is 10.6. The van der Waals surface area contributed by atoms with Crippen LogP contribution in [0.15, 0.2) is 0 Å². The van der Waals surface area contributed by atoms with Crippen LogP contribution in [0.2, 0.25) is 0 Å². The Morgan fingerprint density at radius 3 is 1.39 bits per heavy atom. The molecule has 4 nitrogen and oxygen atoms in total. The highest BCUT2D eigenvalue weighted by Gasteiger charge is 2.35. The summed E-state index contributed by atoms with van der Waals surface area (Å²) in [4.78, 5) is 24.8. The lowest BCUT2D eigenvalue weighted by Gasteiger charge is -2.37. The van der Waals surface area contributed by atoms with Crippen LogP contribution in [0.3, 0.4) is 0 Å². The number of rotatable bonds is 7. The van der Waals surface area contributed by atoms with Crippen molar-refractivity contribution in [3.05, 3.63) is 0 Å². The van der Waals surface area contributed by atoms with Gasteiger partial charge in [-0.15, -0.1) is 0 Å². The lowest BCUT2D eigenvalue weighted by Crippen LogP contribution is -2.36. The highest BCUT2D eigenvalue weighted by Crippen LogP contribution is 2.36. The molecule has 5 unspecified atom stereocenters. The number of hydrogen-bond donors (Lipinski definition) is 0. The van der Waals surface area contributed by atoms with E-state index < -0.39 is 0 Å². The van der Waals surface area contributed by atoms with Gasteiger partial charge in [-0.05, 0) is 61.2 Å². The first-order valence-corrected chi connectivity index (χ1v) is 11.6. The zero-order chi connectivity index (χ0) is 20.8. The quantitative estimate of drug-likeness (QED) is 0.514. The van der Waals surface area contributed by atoms with Crippen LogP contribution in [0.1, 0.15) is 92.9 Å². The van der Waals surface area contributed by atoms with E-state index >= 15 is 0 Å². The first kappa shape index (κ1) is 23.2. The van der Waals surface area contributed by atoms with E-state index in [4.69, 9.17) is 9.47 Å². The summed E-state index contributed by atoms with van der Waals surface area (Å²) in [5.41, 5.74) is 0. The third-order valence-electron chi connectivity index (χ3n) is 7.02. The van der Waals surface area contributed by atoms with Crippen LogP contribution in [0, 0.1) is 35.5 Å². The molecule has 0 heterocycles. The van der Waals surface area contributed by atoms with Gasteiger partial charge < -0.3 is 9.47 Å². The Kier molecular flexibility index (Phi) is 8.82. The van der Waals surface area contributed by atoms with E-state index in [1.54, 1.807) is 0 Å². The maximum atomic E-state index is 12.4. The third-order valence-corrected chi connectivity index (χ3v) is 7.02. The Bertz CT molecular complexity index is 467. The van der Waals surface area contributed by atoms with Gasteiger partial charge in [0.1, 0.15) is 12.2 Å². The molecule has 28 heavy (non-hydrogen) atoms. The maximum absolute atomic E-state index is 12.4. The molecule has 0 aliphatic heterocycles. The van der Waals surface area contributed by atoms with Crippen LogP contribution >= 0.6 is 0 Å². The Hall–Kier alpha value is -1.06. The topological polar surface area (TPSA) is 52.6 Å². The van der Waals surface area contributed by atoms with Crippen molar-refractivity contribution in [3.8, 4) is 0 Å². The number of carbonyl (C=O) groups excluding carboxylic acids is 2. The molecule has 0 amide bonds. The summed E-state index contributed by atoms with van der Waals surface area (Å²) in [5, 5.41) is 0. The van der Waals surface area contributed by atoms with Crippen LogP contribution in [0.5, 0.6) is 0 Å². The van der Waals surface area contributed by atoms with Crippen molar-refractivity contribution in [1.82, 2.24) is 0 Å². The van der Waals surface area contributed by atoms with Gasteiger partial charge in [-0.25, -0.2) is 0 Å². The lowest BCUT2D eigenvalue weighted by atomic mass is 9.75. The molecule has 6 atom stereocenters. The average Bonchev–Trinajstić information content (AvgIpc) is 2.59. The Balaban J connectivity index is 1.80. The van der Waals surface area contributed by atoms with Crippen LogP contribution in [-0.2, 0) is 19.1 Å². The molecule has 2 rings (SSSR count). The van der Waals surface area contributed by atoms with E-state index in [9.17, 15) is 9.59 Å². The molecule has 2 saturated carbocycles. The van der Waals surface area contributed by atoms with Crippen LogP contribution in [0.25, 0.3) is 0 Å². The third kappa shape index (κ3) is 6.77. The molecule has 0 spiro atoms. The van der Waals surface area contributed by atoms with Gasteiger partial charge in [-0.3, -0.25) is 9.59 Å². The van der Waals surface area contributed by atoms with Gasteiger partial charge in [0, 0.05) is 0 Å². The molecule has 2 fully saturated rings. The van der Waals surface area contributed by atoms with Gasteiger partial charge in [0.25, 0.3) is 0 Å². The van der Waals surface area contributed by atoms with Crippen molar-refractivity contribution >= 4 is 11.9 Å². The minimum Gasteiger partial charge on any atom is -0.462 e. The maximum Gasteiger partial charge on any atom is 0.306 e. The number of esters is 2. The van der Waals surface area contributed by atoms with Crippen molar-refractivity contribution in [2.45, 2.75) is 105 Å². The summed E-state index contributed by atoms with van der Waals surface area (Å²) in [6.07, 6.45) is 6.79. The van der Waals surface area contributed by atoms with E-state index in [1.807, 2.05) is 0 Å². The second-order valence-corrected chi connectivity index (χ2v) is 10.2. The Morgan fingerprint density at radius 2 is 1.07 bits per heavy atom. The van der Waals surface area contributed by atoms with Crippen LogP contribution < -0.4 is 0 Å². The Labute approximate surface area is 172 Å². The van der Waals surface area contributed by atoms with Crippen molar-refractivity contribution in [2.24, 2.45) is 35.5 Å². The van der Waals surface area contributed by atoms with E-state index in [-0.39, 0.29) is 37.0 Å². The molecule has 0 bridgehead atoms. The minimum absolute atomic E-state index is 0.00298. The summed E-state index contributed by atoms with van der Waals surface area (Å²) in [5.74, 6) is 2.58. The lowest BCUT2D eigenvalue weighted by molar-refractivity contribution is -0.163. The number of ether oxygens (including phenoxy) is 2. The van der Waals surface area contributed by atoms with Gasteiger partial charge in [0.15, 0.2) is 0 Å². The summed E-state index contributed by atoms with van der Waals surface area (Å²) in [6.45, 7) is 13.3.